The van der Waals surface area contributed by atoms with E-state index in [4.69, 9.17) is 0 Å². The zero-order valence-corrected chi connectivity index (χ0v) is 7.80. The van der Waals surface area contributed by atoms with Crippen LogP contribution in [0.5, 0.6) is 0 Å². The quantitative estimate of drug-likeness (QED) is 0.530. The Labute approximate surface area is 76.5 Å². The third-order valence-electron chi connectivity index (χ3n) is 2.14. The second-order valence-corrected chi connectivity index (χ2v) is 2.91. The Morgan fingerprint density at radius 2 is 2.23 bits per heavy atom. The molecule has 13 heavy (non-hydrogen) atoms. The van der Waals surface area contributed by atoms with Gasteiger partial charge in [0.05, 0.1) is 0 Å². The first-order valence-electron chi connectivity index (χ1n) is 4.36. The molecule has 0 aliphatic carbocycles. The fourth-order valence-corrected chi connectivity index (χ4v) is 1.33. The van der Waals surface area contributed by atoms with E-state index in [1.165, 1.54) is 12.5 Å². The highest BCUT2D eigenvalue weighted by atomic mass is 16.6. The van der Waals surface area contributed by atoms with Crippen molar-refractivity contribution in [3.8, 4) is 0 Å². The summed E-state index contributed by atoms with van der Waals surface area (Å²) in [5.41, 5.74) is 0. The number of rotatable bonds is 4. The van der Waals surface area contributed by atoms with Crippen molar-refractivity contribution in [2.24, 2.45) is 0 Å². The van der Waals surface area contributed by atoms with Gasteiger partial charge >= 0.3 is 5.82 Å². The van der Waals surface area contributed by atoms with Gasteiger partial charge in [-0.15, -0.1) is 0 Å². The SMILES string of the molecule is CCC(CC)n1cnc([N+](=O)[O-])c1. The molecule has 1 aromatic rings. The Morgan fingerprint density at radius 3 is 2.62 bits per heavy atom. The van der Waals surface area contributed by atoms with Gasteiger partial charge < -0.3 is 14.7 Å². The van der Waals surface area contributed by atoms with Gasteiger partial charge in [0, 0.05) is 6.04 Å². The molecule has 0 aliphatic heterocycles. The Kier molecular flexibility index (Phi) is 3.00. The van der Waals surface area contributed by atoms with Crippen LogP contribution in [0.3, 0.4) is 0 Å². The van der Waals surface area contributed by atoms with Gasteiger partial charge in [-0.25, -0.2) is 0 Å². The third-order valence-corrected chi connectivity index (χ3v) is 2.14. The summed E-state index contributed by atoms with van der Waals surface area (Å²) in [7, 11) is 0. The Morgan fingerprint density at radius 1 is 1.62 bits per heavy atom. The van der Waals surface area contributed by atoms with Gasteiger partial charge in [0.2, 0.25) is 6.33 Å². The lowest BCUT2D eigenvalue weighted by atomic mass is 10.2. The third kappa shape index (κ3) is 2.05. The van der Waals surface area contributed by atoms with Gasteiger partial charge in [-0.05, 0) is 22.7 Å². The minimum absolute atomic E-state index is 0.0769. The fraction of sp³-hybridized carbons (Fsp3) is 0.625. The van der Waals surface area contributed by atoms with E-state index < -0.39 is 4.92 Å². The second-order valence-electron chi connectivity index (χ2n) is 2.91. The maximum absolute atomic E-state index is 10.3. The highest BCUT2D eigenvalue weighted by Crippen LogP contribution is 2.17. The smallest absolute Gasteiger partial charge is 0.358 e. The summed E-state index contributed by atoms with van der Waals surface area (Å²) in [5.74, 6) is -0.0769. The summed E-state index contributed by atoms with van der Waals surface area (Å²) in [6.07, 6.45) is 4.93. The molecule has 1 heterocycles. The molecule has 1 aromatic heterocycles. The van der Waals surface area contributed by atoms with Crippen LogP contribution in [-0.2, 0) is 0 Å². The van der Waals surface area contributed by atoms with Crippen molar-refractivity contribution in [3.05, 3.63) is 22.6 Å². The van der Waals surface area contributed by atoms with Crippen molar-refractivity contribution in [2.75, 3.05) is 0 Å². The second kappa shape index (κ2) is 4.02. The van der Waals surface area contributed by atoms with E-state index in [1.807, 2.05) is 0 Å². The molecule has 0 aliphatic rings. The normalized spacial score (nSPS) is 10.7. The van der Waals surface area contributed by atoms with E-state index in [1.54, 1.807) is 4.57 Å². The largest absolute Gasteiger partial charge is 0.381 e. The predicted octanol–water partition coefficient (Wildman–Crippen LogP) is 2.15. The lowest BCUT2D eigenvalue weighted by molar-refractivity contribution is -0.389. The molecule has 0 aromatic carbocycles. The first-order valence-corrected chi connectivity index (χ1v) is 4.36. The Bertz CT molecular complexity index is 291. The van der Waals surface area contributed by atoms with Crippen molar-refractivity contribution in [1.82, 2.24) is 9.55 Å². The zero-order valence-electron chi connectivity index (χ0n) is 7.80. The standard InChI is InChI=1S/C8H13N3O2/c1-3-7(4-2)10-5-8(9-6-10)11(12)13/h5-7H,3-4H2,1-2H3. The number of hydrogen-bond acceptors (Lipinski definition) is 3. The minimum Gasteiger partial charge on any atom is -0.358 e. The van der Waals surface area contributed by atoms with Crippen LogP contribution in [0.15, 0.2) is 12.5 Å². The van der Waals surface area contributed by atoms with Crippen molar-refractivity contribution in [2.45, 2.75) is 32.7 Å². The molecule has 0 saturated heterocycles. The average molecular weight is 183 g/mol. The molecule has 5 heteroatoms. The van der Waals surface area contributed by atoms with Gasteiger partial charge in [-0.1, -0.05) is 13.8 Å². The molecule has 0 amide bonds. The molecule has 1 rings (SSSR count). The molecule has 0 radical (unpaired) electrons. The van der Waals surface area contributed by atoms with Gasteiger partial charge in [0.1, 0.15) is 6.20 Å². The maximum Gasteiger partial charge on any atom is 0.381 e. The molecule has 0 fully saturated rings. The van der Waals surface area contributed by atoms with Crippen LogP contribution in [0, 0.1) is 10.1 Å². The molecule has 0 saturated carbocycles. The minimum atomic E-state index is -0.473. The van der Waals surface area contributed by atoms with Crippen LogP contribution < -0.4 is 0 Å². The topological polar surface area (TPSA) is 61.0 Å². The molecule has 0 bridgehead atoms. The van der Waals surface area contributed by atoms with Crippen molar-refractivity contribution in [1.29, 1.82) is 0 Å². The maximum atomic E-state index is 10.3. The van der Waals surface area contributed by atoms with E-state index in [0.717, 1.165) is 12.8 Å². The van der Waals surface area contributed by atoms with E-state index in [2.05, 4.69) is 18.8 Å². The molecule has 5 nitrogen and oxygen atoms in total. The van der Waals surface area contributed by atoms with Crippen molar-refractivity contribution in [3.63, 3.8) is 0 Å². The van der Waals surface area contributed by atoms with E-state index >= 15 is 0 Å². The highest BCUT2D eigenvalue weighted by molar-refractivity contribution is 5.12. The number of nitrogens with zero attached hydrogens (tertiary/aromatic N) is 3. The van der Waals surface area contributed by atoms with Crippen LogP contribution in [0.1, 0.15) is 32.7 Å². The van der Waals surface area contributed by atoms with Crippen LogP contribution in [-0.4, -0.2) is 14.5 Å². The lowest BCUT2D eigenvalue weighted by Gasteiger charge is -2.11. The van der Waals surface area contributed by atoms with Crippen LogP contribution >= 0.6 is 0 Å². The first kappa shape index (κ1) is 9.70. The zero-order chi connectivity index (χ0) is 9.84. The monoisotopic (exact) mass is 183 g/mol. The van der Waals surface area contributed by atoms with Crippen molar-refractivity contribution >= 4 is 5.82 Å². The summed E-state index contributed by atoms with van der Waals surface area (Å²) in [4.78, 5) is 13.6. The first-order chi connectivity index (χ1) is 6.19. The highest BCUT2D eigenvalue weighted by Gasteiger charge is 2.13. The van der Waals surface area contributed by atoms with E-state index in [9.17, 15) is 10.1 Å². The number of aromatic nitrogens is 2. The number of nitro groups is 1. The van der Waals surface area contributed by atoms with Gasteiger partial charge in [-0.2, -0.15) is 0 Å². The van der Waals surface area contributed by atoms with Crippen molar-refractivity contribution < 1.29 is 4.92 Å². The van der Waals surface area contributed by atoms with Gasteiger partial charge in [-0.3, -0.25) is 0 Å². The Hall–Kier alpha value is -1.39. The number of imidazole rings is 1. The molecule has 0 spiro atoms. The molecule has 0 N–H and O–H groups in total. The summed E-state index contributed by atoms with van der Waals surface area (Å²) < 4.78 is 1.80. The summed E-state index contributed by atoms with van der Waals surface area (Å²) >= 11 is 0. The molecule has 72 valence electrons. The van der Waals surface area contributed by atoms with Crippen LogP contribution in [0.25, 0.3) is 0 Å². The molecule has 0 atom stereocenters. The molecule has 0 unspecified atom stereocenters. The summed E-state index contributed by atoms with van der Waals surface area (Å²) in [6, 6.07) is 0.321. The summed E-state index contributed by atoms with van der Waals surface area (Å²) in [6.45, 7) is 4.11. The van der Waals surface area contributed by atoms with Crippen LogP contribution in [0.2, 0.25) is 0 Å². The predicted molar refractivity (Wildman–Crippen MR) is 48.5 cm³/mol. The molecular weight excluding hydrogens is 170 g/mol. The fourth-order valence-electron chi connectivity index (χ4n) is 1.33. The lowest BCUT2D eigenvalue weighted by Crippen LogP contribution is -2.03. The van der Waals surface area contributed by atoms with E-state index in [0.29, 0.717) is 6.04 Å². The summed E-state index contributed by atoms with van der Waals surface area (Å²) in [5, 5.41) is 10.3. The van der Waals surface area contributed by atoms with Gasteiger partial charge in [0.25, 0.3) is 0 Å². The molecular formula is C8H13N3O2. The van der Waals surface area contributed by atoms with Crippen LogP contribution in [0.4, 0.5) is 5.82 Å². The van der Waals surface area contributed by atoms with E-state index in [-0.39, 0.29) is 5.82 Å². The average Bonchev–Trinajstić information content (AvgIpc) is 2.56. The van der Waals surface area contributed by atoms with Gasteiger partial charge in [0.15, 0.2) is 0 Å². The Balaban J connectivity index is 2.84. The number of hydrogen-bond donors (Lipinski definition) is 0.